The topological polar surface area (TPSA) is 76.8 Å². The number of fused-ring (bicyclic) bond motifs is 2. The number of rotatable bonds is 5. The maximum Gasteiger partial charge on any atom is 0.244 e. The molecule has 1 aromatic carbocycles. The second-order valence-electron chi connectivity index (χ2n) is 9.43. The lowest BCUT2D eigenvalue weighted by atomic mass is 9.89. The minimum absolute atomic E-state index is 0.277. The highest BCUT2D eigenvalue weighted by Gasteiger charge is 2.43. The molecule has 0 aliphatic carbocycles. The van der Waals surface area contributed by atoms with Crippen LogP contribution >= 0.6 is 0 Å². The maximum absolute atomic E-state index is 15.6. The van der Waals surface area contributed by atoms with E-state index < -0.39 is 17.5 Å². The zero-order chi connectivity index (χ0) is 24.2. The smallest absolute Gasteiger partial charge is 0.244 e. The number of pyridine rings is 1. The predicted octanol–water partition coefficient (Wildman–Crippen LogP) is 3.71. The fourth-order valence-electron chi connectivity index (χ4n) is 5.04. The summed E-state index contributed by atoms with van der Waals surface area (Å²) in [7, 11) is 1.52. The van der Waals surface area contributed by atoms with E-state index in [0.29, 0.717) is 60.1 Å². The van der Waals surface area contributed by atoms with Crippen LogP contribution in [-0.4, -0.2) is 75.6 Å². The first kappa shape index (κ1) is 22.1. The number of nitrogens with zero attached hydrogens (tertiary/aromatic N) is 5. The van der Waals surface area contributed by atoms with Crippen LogP contribution in [0.3, 0.4) is 0 Å². The highest BCUT2D eigenvalue weighted by atomic mass is 19.1. The van der Waals surface area contributed by atoms with E-state index >= 15 is 4.39 Å². The Morgan fingerprint density at radius 3 is 2.86 bits per heavy atom. The fourth-order valence-corrected chi connectivity index (χ4v) is 5.04. The summed E-state index contributed by atoms with van der Waals surface area (Å²) in [5.41, 5.74) is 0.849. The van der Waals surface area contributed by atoms with Gasteiger partial charge >= 0.3 is 0 Å². The molecule has 2 aliphatic rings. The standard InChI is InChI=1S/C25H26F2N6O2/c1-25(27)14-32(17-12-35-13-17)8-6-20(25)29-24-30-23(34-2)22-18(5-9-33(22)31-24)16-10-15-4-3-7-28-21(15)19(26)11-16/h3-5,7,9-11,17,20H,6,8,12-14H2,1-2H3,(H,29,31)/t20?,25-/m0/s1. The molecule has 0 spiro atoms. The van der Waals surface area contributed by atoms with Gasteiger partial charge in [-0.1, -0.05) is 6.07 Å². The van der Waals surface area contributed by atoms with Crippen LogP contribution in [0.1, 0.15) is 13.3 Å². The lowest BCUT2D eigenvalue weighted by Crippen LogP contribution is -2.61. The van der Waals surface area contributed by atoms with Gasteiger partial charge in [-0.05, 0) is 43.2 Å². The second-order valence-corrected chi connectivity index (χ2v) is 9.43. The van der Waals surface area contributed by atoms with Crippen molar-refractivity contribution in [1.82, 2.24) is 24.5 Å². The van der Waals surface area contributed by atoms with Gasteiger partial charge in [-0.3, -0.25) is 9.88 Å². The monoisotopic (exact) mass is 480 g/mol. The number of hydrogen-bond donors (Lipinski definition) is 1. The Hall–Kier alpha value is -3.37. The van der Waals surface area contributed by atoms with Crippen molar-refractivity contribution in [3.8, 4) is 17.0 Å². The molecule has 1 unspecified atom stereocenters. The number of anilines is 1. The van der Waals surface area contributed by atoms with Gasteiger partial charge in [-0.25, -0.2) is 13.3 Å². The first-order valence-electron chi connectivity index (χ1n) is 11.7. The molecule has 8 nitrogen and oxygen atoms in total. The third-order valence-electron chi connectivity index (χ3n) is 7.03. The summed E-state index contributed by atoms with van der Waals surface area (Å²) >= 11 is 0. The van der Waals surface area contributed by atoms with E-state index in [4.69, 9.17) is 9.47 Å². The largest absolute Gasteiger partial charge is 0.479 e. The molecule has 2 fully saturated rings. The molecule has 2 saturated heterocycles. The zero-order valence-corrected chi connectivity index (χ0v) is 19.5. The number of nitrogens with one attached hydrogen (secondary N) is 1. The predicted molar refractivity (Wildman–Crippen MR) is 128 cm³/mol. The Bertz CT molecular complexity index is 1400. The van der Waals surface area contributed by atoms with Gasteiger partial charge in [0.05, 0.1) is 32.4 Å². The number of hydrogen-bond acceptors (Lipinski definition) is 7. The molecule has 2 atom stereocenters. The molecule has 182 valence electrons. The maximum atomic E-state index is 15.6. The third-order valence-corrected chi connectivity index (χ3v) is 7.03. The molecular weight excluding hydrogens is 454 g/mol. The lowest BCUT2D eigenvalue weighted by Gasteiger charge is -2.46. The number of alkyl halides is 1. The molecule has 0 bridgehead atoms. The molecule has 10 heteroatoms. The minimum atomic E-state index is -1.46. The van der Waals surface area contributed by atoms with Crippen molar-refractivity contribution >= 4 is 22.4 Å². The molecule has 6 rings (SSSR count). The number of likely N-dealkylation sites (tertiary alicyclic amines) is 1. The number of halogens is 2. The zero-order valence-electron chi connectivity index (χ0n) is 19.5. The molecule has 0 radical (unpaired) electrons. The number of ether oxygens (including phenoxy) is 2. The Labute approximate surface area is 200 Å². The molecule has 0 amide bonds. The van der Waals surface area contributed by atoms with Crippen LogP contribution in [0.4, 0.5) is 14.7 Å². The lowest BCUT2D eigenvalue weighted by molar-refractivity contribution is -0.0924. The van der Waals surface area contributed by atoms with Gasteiger partial charge in [0.2, 0.25) is 11.8 Å². The van der Waals surface area contributed by atoms with Crippen LogP contribution in [0.15, 0.2) is 42.7 Å². The number of aromatic nitrogens is 4. The summed E-state index contributed by atoms with van der Waals surface area (Å²) in [6.07, 6.45) is 3.95. The van der Waals surface area contributed by atoms with Gasteiger partial charge in [0, 0.05) is 36.4 Å². The molecular formula is C25H26F2N6O2. The Kier molecular flexibility index (Phi) is 5.30. The first-order valence-corrected chi connectivity index (χ1v) is 11.7. The van der Waals surface area contributed by atoms with E-state index in [2.05, 4.69) is 25.3 Å². The van der Waals surface area contributed by atoms with Crippen molar-refractivity contribution in [2.45, 2.75) is 31.1 Å². The van der Waals surface area contributed by atoms with Crippen LogP contribution < -0.4 is 10.1 Å². The van der Waals surface area contributed by atoms with E-state index in [1.165, 1.54) is 13.2 Å². The molecule has 4 aromatic rings. The molecule has 5 heterocycles. The van der Waals surface area contributed by atoms with Crippen LogP contribution in [0.25, 0.3) is 27.5 Å². The van der Waals surface area contributed by atoms with E-state index in [9.17, 15) is 4.39 Å². The van der Waals surface area contributed by atoms with Crippen LogP contribution in [0, 0.1) is 5.82 Å². The third kappa shape index (κ3) is 3.86. The van der Waals surface area contributed by atoms with Crippen molar-refractivity contribution in [1.29, 1.82) is 0 Å². The molecule has 2 aliphatic heterocycles. The molecule has 1 N–H and O–H groups in total. The van der Waals surface area contributed by atoms with Gasteiger partial charge in [-0.2, -0.15) is 4.98 Å². The summed E-state index contributed by atoms with van der Waals surface area (Å²) in [6, 6.07) is 8.61. The van der Waals surface area contributed by atoms with Crippen molar-refractivity contribution in [2.75, 3.05) is 38.7 Å². The van der Waals surface area contributed by atoms with E-state index in [-0.39, 0.29) is 5.95 Å². The Morgan fingerprint density at radius 2 is 2.11 bits per heavy atom. The summed E-state index contributed by atoms with van der Waals surface area (Å²) in [5.74, 6) is 0.191. The molecule has 3 aromatic heterocycles. The van der Waals surface area contributed by atoms with Gasteiger partial charge < -0.3 is 14.8 Å². The summed E-state index contributed by atoms with van der Waals surface area (Å²) in [4.78, 5) is 10.8. The first-order chi connectivity index (χ1) is 16.9. The van der Waals surface area contributed by atoms with E-state index in [1.807, 2.05) is 18.2 Å². The van der Waals surface area contributed by atoms with Crippen molar-refractivity contribution in [3.63, 3.8) is 0 Å². The van der Waals surface area contributed by atoms with Gasteiger partial charge in [0.1, 0.15) is 22.5 Å². The molecule has 35 heavy (non-hydrogen) atoms. The van der Waals surface area contributed by atoms with Crippen molar-refractivity contribution < 1.29 is 18.3 Å². The Morgan fingerprint density at radius 1 is 1.26 bits per heavy atom. The van der Waals surface area contributed by atoms with Crippen LogP contribution in [0.2, 0.25) is 0 Å². The summed E-state index contributed by atoms with van der Waals surface area (Å²) < 4.78 is 42.8. The van der Waals surface area contributed by atoms with Crippen LogP contribution in [-0.2, 0) is 4.74 Å². The Balaban J connectivity index is 1.32. The van der Waals surface area contributed by atoms with E-state index in [1.54, 1.807) is 29.9 Å². The van der Waals surface area contributed by atoms with Crippen molar-refractivity contribution in [2.24, 2.45) is 0 Å². The van der Waals surface area contributed by atoms with Gasteiger partial charge in [0.25, 0.3) is 0 Å². The summed E-state index contributed by atoms with van der Waals surface area (Å²) in [6.45, 7) is 4.05. The second kappa shape index (κ2) is 8.39. The quantitative estimate of drug-likeness (QED) is 0.467. The highest BCUT2D eigenvalue weighted by Crippen LogP contribution is 2.35. The van der Waals surface area contributed by atoms with Gasteiger partial charge in [0.15, 0.2) is 0 Å². The minimum Gasteiger partial charge on any atom is -0.479 e. The number of methoxy groups -OCH3 is 1. The average molecular weight is 481 g/mol. The normalized spacial score (nSPS) is 23.5. The highest BCUT2D eigenvalue weighted by molar-refractivity contribution is 5.91. The SMILES string of the molecule is COc1nc(NC2CCN(C3COC3)C[C@]2(C)F)nn2ccc(-c3cc(F)c4ncccc4c3)c12. The average Bonchev–Trinajstić information content (AvgIpc) is 3.23. The van der Waals surface area contributed by atoms with E-state index in [0.717, 1.165) is 12.1 Å². The van der Waals surface area contributed by atoms with Gasteiger partial charge in [-0.15, -0.1) is 5.10 Å². The van der Waals surface area contributed by atoms with Crippen LogP contribution in [0.5, 0.6) is 5.88 Å². The summed E-state index contributed by atoms with van der Waals surface area (Å²) in [5, 5.41) is 8.45. The number of piperidine rings is 1. The number of benzene rings is 1. The van der Waals surface area contributed by atoms with Crippen molar-refractivity contribution in [3.05, 3.63) is 48.5 Å². The fraction of sp³-hybridized carbons (Fsp3) is 0.400. The molecule has 0 saturated carbocycles.